The number of carbonyl (C=O) groups excluding carboxylic acids is 1. The van der Waals surface area contributed by atoms with E-state index in [0.717, 1.165) is 11.8 Å². The van der Waals surface area contributed by atoms with Gasteiger partial charge in [0.05, 0.1) is 21.1 Å². The van der Waals surface area contributed by atoms with Crippen molar-refractivity contribution in [3.63, 3.8) is 0 Å². The van der Waals surface area contributed by atoms with Gasteiger partial charge in [-0.2, -0.15) is 0 Å². The minimum atomic E-state index is -1.04. The topological polar surface area (TPSA) is 133 Å². The molecule has 3 rings (SSSR count). The van der Waals surface area contributed by atoms with Crippen LogP contribution in [0.2, 0.25) is 0 Å². The molecule has 1 heterocycles. The lowest BCUT2D eigenvalue weighted by atomic mass is 10.1. The maximum absolute atomic E-state index is 12.5. The van der Waals surface area contributed by atoms with Crippen LogP contribution in [0, 0.1) is 17.0 Å². The predicted octanol–water partition coefficient (Wildman–Crippen LogP) is 3.54. The number of carbonyl (C=O) groups is 2. The number of aromatic carboxylic acids is 1. The molecule has 148 valence electrons. The molecular weight excluding hydrogens is 398 g/mol. The van der Waals surface area contributed by atoms with Gasteiger partial charge >= 0.3 is 11.7 Å². The van der Waals surface area contributed by atoms with Crippen LogP contribution in [-0.4, -0.2) is 44.1 Å². The third-order valence-electron chi connectivity index (χ3n) is 4.16. The molecule has 1 aliphatic heterocycles. The zero-order valence-electron chi connectivity index (χ0n) is 15.3. The van der Waals surface area contributed by atoms with Gasteiger partial charge in [-0.05, 0) is 60.2 Å². The molecule has 10 heteroatoms. The minimum Gasteiger partial charge on any atom is -0.502 e. The van der Waals surface area contributed by atoms with Gasteiger partial charge in [-0.25, -0.2) is 9.79 Å². The average molecular weight is 413 g/mol. The Morgan fingerprint density at radius 3 is 2.62 bits per heavy atom. The van der Waals surface area contributed by atoms with Crippen LogP contribution in [0.25, 0.3) is 6.08 Å². The van der Waals surface area contributed by atoms with E-state index in [1.807, 2.05) is 0 Å². The number of aliphatic imine (C=N–C) groups is 1. The van der Waals surface area contributed by atoms with E-state index in [-0.39, 0.29) is 11.5 Å². The molecular formula is C19H15N3O6S. The SMILES string of the molecule is Cc1cc(C(=O)O)ccc1N=C1S/C(=C\c2ccc(O)c([N+](=O)[O-])c2)C(=O)N1C. The predicted molar refractivity (Wildman–Crippen MR) is 108 cm³/mol. The minimum absolute atomic E-state index is 0.143. The third kappa shape index (κ3) is 4.11. The Bertz CT molecular complexity index is 1110. The summed E-state index contributed by atoms with van der Waals surface area (Å²) in [5.41, 5.74) is 1.25. The number of rotatable bonds is 4. The van der Waals surface area contributed by atoms with Gasteiger partial charge in [-0.15, -0.1) is 0 Å². The molecule has 0 aliphatic carbocycles. The fraction of sp³-hybridized carbons (Fsp3) is 0.105. The summed E-state index contributed by atoms with van der Waals surface area (Å²) in [5, 5.41) is 30.0. The lowest BCUT2D eigenvalue weighted by Crippen LogP contribution is -2.23. The quantitative estimate of drug-likeness (QED) is 0.445. The molecule has 0 bridgehead atoms. The molecule has 0 unspecified atom stereocenters. The van der Waals surface area contributed by atoms with Crippen molar-refractivity contribution in [3.05, 3.63) is 68.1 Å². The highest BCUT2D eigenvalue weighted by Gasteiger charge is 2.30. The first-order valence-electron chi connectivity index (χ1n) is 8.25. The van der Waals surface area contributed by atoms with Crippen molar-refractivity contribution in [1.82, 2.24) is 4.90 Å². The number of carboxylic acids is 1. The average Bonchev–Trinajstić information content (AvgIpc) is 2.92. The second-order valence-corrected chi connectivity index (χ2v) is 7.19. The van der Waals surface area contributed by atoms with Gasteiger partial charge in [0.25, 0.3) is 5.91 Å². The Hall–Kier alpha value is -3.66. The standard InChI is InChI=1S/C19H15N3O6S/c1-10-7-12(18(25)26)4-5-13(10)20-19-21(2)17(24)16(29-19)9-11-3-6-15(23)14(8-11)22(27)28/h3-9,23H,1-2H3,(H,25,26)/b16-9-,20-19?. The molecule has 2 N–H and O–H groups in total. The molecule has 29 heavy (non-hydrogen) atoms. The van der Waals surface area contributed by atoms with E-state index in [0.29, 0.717) is 26.9 Å². The Morgan fingerprint density at radius 2 is 2.00 bits per heavy atom. The summed E-state index contributed by atoms with van der Waals surface area (Å²) >= 11 is 1.09. The number of nitrogens with zero attached hydrogens (tertiary/aromatic N) is 3. The number of hydrogen-bond acceptors (Lipinski definition) is 7. The van der Waals surface area contributed by atoms with Crippen molar-refractivity contribution >= 4 is 46.3 Å². The first kappa shape index (κ1) is 20.1. The molecule has 9 nitrogen and oxygen atoms in total. The van der Waals surface area contributed by atoms with Gasteiger partial charge in [0.1, 0.15) is 0 Å². The van der Waals surface area contributed by atoms with Crippen LogP contribution < -0.4 is 0 Å². The number of phenolic OH excluding ortho intramolecular Hbond substituents is 1. The first-order chi connectivity index (χ1) is 13.7. The molecule has 0 saturated carbocycles. The van der Waals surface area contributed by atoms with Crippen molar-refractivity contribution in [1.29, 1.82) is 0 Å². The monoisotopic (exact) mass is 413 g/mol. The molecule has 1 aliphatic rings. The van der Waals surface area contributed by atoms with Crippen molar-refractivity contribution in [2.45, 2.75) is 6.92 Å². The summed E-state index contributed by atoms with van der Waals surface area (Å²) in [6.45, 7) is 1.72. The van der Waals surface area contributed by atoms with Gasteiger partial charge in [0.2, 0.25) is 0 Å². The number of aromatic hydroxyl groups is 1. The molecule has 0 aromatic heterocycles. The fourth-order valence-electron chi connectivity index (χ4n) is 2.60. The smallest absolute Gasteiger partial charge is 0.335 e. The Labute approximate surface area is 169 Å². The van der Waals surface area contributed by atoms with Crippen LogP contribution in [0.3, 0.4) is 0 Å². The summed E-state index contributed by atoms with van der Waals surface area (Å²) in [4.78, 5) is 39.9. The van der Waals surface area contributed by atoms with E-state index >= 15 is 0 Å². The van der Waals surface area contributed by atoms with Crippen molar-refractivity contribution < 1.29 is 24.7 Å². The number of nitro benzene ring substituents is 1. The van der Waals surface area contributed by atoms with E-state index in [1.165, 1.54) is 41.3 Å². The summed E-state index contributed by atoms with van der Waals surface area (Å²) in [6.07, 6.45) is 1.48. The normalized spacial score (nSPS) is 16.6. The first-order valence-corrected chi connectivity index (χ1v) is 9.06. The fourth-order valence-corrected chi connectivity index (χ4v) is 3.58. The number of likely N-dealkylation sites (N-methyl/N-ethyl adjacent to an activating group) is 1. The number of amides is 1. The number of hydrogen-bond donors (Lipinski definition) is 2. The number of benzene rings is 2. The molecule has 0 radical (unpaired) electrons. The van der Waals surface area contributed by atoms with E-state index < -0.39 is 22.3 Å². The second kappa shape index (κ2) is 7.76. The van der Waals surface area contributed by atoms with E-state index in [1.54, 1.807) is 20.0 Å². The number of carboxylic acid groups (broad SMARTS) is 1. The van der Waals surface area contributed by atoms with Crippen LogP contribution in [0.5, 0.6) is 5.75 Å². The Kier molecular flexibility index (Phi) is 5.37. The molecule has 2 aromatic carbocycles. The van der Waals surface area contributed by atoms with E-state index in [9.17, 15) is 24.8 Å². The van der Waals surface area contributed by atoms with Crippen molar-refractivity contribution in [3.8, 4) is 5.75 Å². The Balaban J connectivity index is 1.93. The third-order valence-corrected chi connectivity index (χ3v) is 5.22. The van der Waals surface area contributed by atoms with Crippen molar-refractivity contribution in [2.75, 3.05) is 7.05 Å². The lowest BCUT2D eigenvalue weighted by Gasteiger charge is -2.08. The highest BCUT2D eigenvalue weighted by atomic mass is 32.2. The number of nitro groups is 1. The summed E-state index contributed by atoms with van der Waals surface area (Å²) in [7, 11) is 1.55. The zero-order chi connectivity index (χ0) is 21.3. The summed E-state index contributed by atoms with van der Waals surface area (Å²) < 4.78 is 0. The van der Waals surface area contributed by atoms with E-state index in [2.05, 4.69) is 4.99 Å². The van der Waals surface area contributed by atoms with Gasteiger partial charge in [0, 0.05) is 13.1 Å². The molecule has 1 saturated heterocycles. The molecule has 2 aromatic rings. The highest BCUT2D eigenvalue weighted by molar-refractivity contribution is 8.18. The van der Waals surface area contributed by atoms with Crippen LogP contribution in [0.1, 0.15) is 21.5 Å². The largest absolute Gasteiger partial charge is 0.502 e. The number of amidine groups is 1. The second-order valence-electron chi connectivity index (χ2n) is 6.18. The number of thioether (sulfide) groups is 1. The van der Waals surface area contributed by atoms with Crippen LogP contribution >= 0.6 is 11.8 Å². The zero-order valence-corrected chi connectivity index (χ0v) is 16.1. The molecule has 1 fully saturated rings. The number of phenols is 1. The van der Waals surface area contributed by atoms with Crippen LogP contribution in [-0.2, 0) is 4.79 Å². The molecule has 1 amide bonds. The maximum Gasteiger partial charge on any atom is 0.335 e. The molecule has 0 atom stereocenters. The van der Waals surface area contributed by atoms with Gasteiger partial charge in [-0.1, -0.05) is 6.07 Å². The Morgan fingerprint density at radius 1 is 1.28 bits per heavy atom. The van der Waals surface area contributed by atoms with Crippen LogP contribution in [0.4, 0.5) is 11.4 Å². The summed E-state index contributed by atoms with van der Waals surface area (Å²) in [5.74, 6) is -1.82. The van der Waals surface area contributed by atoms with E-state index in [4.69, 9.17) is 5.11 Å². The van der Waals surface area contributed by atoms with Gasteiger partial charge < -0.3 is 10.2 Å². The van der Waals surface area contributed by atoms with Crippen LogP contribution in [0.15, 0.2) is 46.3 Å². The summed E-state index contributed by atoms with van der Waals surface area (Å²) in [6, 6.07) is 8.33. The lowest BCUT2D eigenvalue weighted by molar-refractivity contribution is -0.385. The number of aryl methyl sites for hydroxylation is 1. The van der Waals surface area contributed by atoms with Crippen molar-refractivity contribution in [2.24, 2.45) is 4.99 Å². The van der Waals surface area contributed by atoms with Gasteiger partial charge in [-0.3, -0.25) is 19.8 Å². The highest BCUT2D eigenvalue weighted by Crippen LogP contribution is 2.35. The maximum atomic E-state index is 12.5. The van der Waals surface area contributed by atoms with Gasteiger partial charge in [0.15, 0.2) is 10.9 Å². The molecule has 0 spiro atoms.